The molecule has 1 aliphatic heterocycles. The van der Waals surface area contributed by atoms with Gasteiger partial charge in [0.25, 0.3) is 10.2 Å². The first kappa shape index (κ1) is 15.0. The topological polar surface area (TPSA) is 49.4 Å². The minimum Gasteiger partial charge on any atom is -0.201 e. The molecule has 0 spiro atoms. The minimum atomic E-state index is -3.33. The van der Waals surface area contributed by atoms with Crippen LogP contribution in [0.3, 0.4) is 0 Å². The maximum absolute atomic E-state index is 12.5. The molecule has 0 bridgehead atoms. The standard InChI is InChI=1S/C16H24N2O2S/c1-14-6-5-11-18(12-14)21(19,20)17-13-16(9-10-16)15-7-3-2-4-8-15/h2-4,7-8,14,17H,5-6,9-13H2,1H3. The predicted octanol–water partition coefficient (Wildman–Crippen LogP) is 2.28. The van der Waals surface area contributed by atoms with Gasteiger partial charge in [-0.2, -0.15) is 12.7 Å². The molecule has 116 valence electrons. The molecular weight excluding hydrogens is 284 g/mol. The van der Waals surface area contributed by atoms with Gasteiger partial charge in [0.15, 0.2) is 0 Å². The van der Waals surface area contributed by atoms with Gasteiger partial charge in [0.05, 0.1) is 0 Å². The Morgan fingerprint density at radius 2 is 2.00 bits per heavy atom. The van der Waals surface area contributed by atoms with Crippen LogP contribution in [-0.2, 0) is 15.6 Å². The van der Waals surface area contributed by atoms with Gasteiger partial charge >= 0.3 is 0 Å². The number of piperidine rings is 1. The molecule has 1 N–H and O–H groups in total. The Morgan fingerprint density at radius 1 is 1.29 bits per heavy atom. The van der Waals surface area contributed by atoms with Crippen LogP contribution in [0.5, 0.6) is 0 Å². The molecule has 1 saturated carbocycles. The van der Waals surface area contributed by atoms with Crippen molar-refractivity contribution in [2.75, 3.05) is 19.6 Å². The zero-order chi connectivity index (χ0) is 14.9. The summed E-state index contributed by atoms with van der Waals surface area (Å²) in [6.45, 7) is 3.93. The zero-order valence-corrected chi connectivity index (χ0v) is 13.4. The van der Waals surface area contributed by atoms with Crippen LogP contribution < -0.4 is 4.72 Å². The highest BCUT2D eigenvalue weighted by Crippen LogP contribution is 2.47. The van der Waals surface area contributed by atoms with Crippen molar-refractivity contribution in [3.05, 3.63) is 35.9 Å². The molecule has 3 rings (SSSR count). The first-order valence-electron chi connectivity index (χ1n) is 7.82. The van der Waals surface area contributed by atoms with Gasteiger partial charge in [-0.1, -0.05) is 37.3 Å². The minimum absolute atomic E-state index is 0.0235. The highest BCUT2D eigenvalue weighted by molar-refractivity contribution is 7.87. The Hall–Kier alpha value is -0.910. The van der Waals surface area contributed by atoms with Gasteiger partial charge in [-0.05, 0) is 37.2 Å². The SMILES string of the molecule is CC1CCCN(S(=O)(=O)NCC2(c3ccccc3)CC2)C1. The second-order valence-corrected chi connectivity index (χ2v) is 8.33. The fraction of sp³-hybridized carbons (Fsp3) is 0.625. The van der Waals surface area contributed by atoms with Crippen LogP contribution in [0.2, 0.25) is 0 Å². The molecule has 4 nitrogen and oxygen atoms in total. The van der Waals surface area contributed by atoms with Gasteiger partial charge in [0.2, 0.25) is 0 Å². The third-order valence-electron chi connectivity index (χ3n) is 4.79. The molecule has 1 atom stereocenters. The number of benzene rings is 1. The van der Waals surface area contributed by atoms with Crippen LogP contribution in [0.15, 0.2) is 30.3 Å². The average molecular weight is 308 g/mol. The molecule has 2 fully saturated rings. The number of hydrogen-bond acceptors (Lipinski definition) is 2. The van der Waals surface area contributed by atoms with Crippen LogP contribution in [0.25, 0.3) is 0 Å². The maximum atomic E-state index is 12.5. The van der Waals surface area contributed by atoms with E-state index in [0.29, 0.717) is 25.6 Å². The molecule has 2 aliphatic rings. The van der Waals surface area contributed by atoms with Crippen LogP contribution in [0, 0.1) is 5.92 Å². The monoisotopic (exact) mass is 308 g/mol. The van der Waals surface area contributed by atoms with Crippen molar-refractivity contribution in [2.24, 2.45) is 5.92 Å². The maximum Gasteiger partial charge on any atom is 0.279 e. The lowest BCUT2D eigenvalue weighted by molar-refractivity contribution is 0.278. The predicted molar refractivity (Wildman–Crippen MR) is 84.2 cm³/mol. The van der Waals surface area contributed by atoms with E-state index < -0.39 is 10.2 Å². The lowest BCUT2D eigenvalue weighted by atomic mass is 9.96. The van der Waals surface area contributed by atoms with E-state index >= 15 is 0 Å². The normalized spacial score (nSPS) is 25.7. The van der Waals surface area contributed by atoms with Crippen molar-refractivity contribution >= 4 is 10.2 Å². The van der Waals surface area contributed by atoms with Gasteiger partial charge < -0.3 is 0 Å². The number of nitrogens with zero attached hydrogens (tertiary/aromatic N) is 1. The molecule has 21 heavy (non-hydrogen) atoms. The molecule has 0 radical (unpaired) electrons. The van der Waals surface area contributed by atoms with Crippen LogP contribution in [0.1, 0.15) is 38.2 Å². The zero-order valence-electron chi connectivity index (χ0n) is 12.6. The van der Waals surface area contributed by atoms with E-state index in [9.17, 15) is 8.42 Å². The first-order valence-corrected chi connectivity index (χ1v) is 9.26. The van der Waals surface area contributed by atoms with Crippen molar-refractivity contribution in [1.82, 2.24) is 9.03 Å². The summed E-state index contributed by atoms with van der Waals surface area (Å²) in [6, 6.07) is 10.2. The van der Waals surface area contributed by atoms with Crippen molar-refractivity contribution in [3.63, 3.8) is 0 Å². The van der Waals surface area contributed by atoms with E-state index in [-0.39, 0.29) is 5.41 Å². The molecule has 1 aliphatic carbocycles. The Bertz CT molecular complexity index is 582. The summed E-state index contributed by atoms with van der Waals surface area (Å²) in [6.07, 6.45) is 4.22. The summed E-state index contributed by atoms with van der Waals surface area (Å²) >= 11 is 0. The molecule has 0 aromatic heterocycles. The quantitative estimate of drug-likeness (QED) is 0.907. The van der Waals surface area contributed by atoms with Crippen molar-refractivity contribution in [1.29, 1.82) is 0 Å². The number of hydrogen-bond donors (Lipinski definition) is 1. The Balaban J connectivity index is 1.64. The van der Waals surface area contributed by atoms with Gasteiger partial charge in [-0.3, -0.25) is 0 Å². The third-order valence-corrected chi connectivity index (χ3v) is 6.31. The molecule has 1 unspecified atom stereocenters. The van der Waals surface area contributed by atoms with Gasteiger partial charge in [0, 0.05) is 25.0 Å². The third kappa shape index (κ3) is 3.30. The van der Waals surface area contributed by atoms with Gasteiger partial charge in [0.1, 0.15) is 0 Å². The van der Waals surface area contributed by atoms with Crippen LogP contribution >= 0.6 is 0 Å². The summed E-state index contributed by atoms with van der Waals surface area (Å²) in [5.41, 5.74) is 1.27. The van der Waals surface area contributed by atoms with Crippen molar-refractivity contribution in [2.45, 2.75) is 38.0 Å². The fourth-order valence-electron chi connectivity index (χ4n) is 3.20. The van der Waals surface area contributed by atoms with E-state index in [2.05, 4.69) is 23.8 Å². The molecule has 1 aromatic carbocycles. The molecule has 0 amide bonds. The highest BCUT2D eigenvalue weighted by Gasteiger charge is 2.45. The summed E-state index contributed by atoms with van der Waals surface area (Å²) in [7, 11) is -3.33. The Kier molecular flexibility index (Phi) is 4.08. The largest absolute Gasteiger partial charge is 0.279 e. The Morgan fingerprint density at radius 3 is 2.62 bits per heavy atom. The molecule has 1 saturated heterocycles. The lowest BCUT2D eigenvalue weighted by Crippen LogP contribution is -2.47. The van der Waals surface area contributed by atoms with E-state index in [1.807, 2.05) is 18.2 Å². The highest BCUT2D eigenvalue weighted by atomic mass is 32.2. The van der Waals surface area contributed by atoms with Crippen molar-refractivity contribution < 1.29 is 8.42 Å². The second kappa shape index (κ2) is 5.71. The average Bonchev–Trinajstić information content (AvgIpc) is 3.28. The summed E-state index contributed by atoms with van der Waals surface area (Å²) in [4.78, 5) is 0. The molecule has 1 heterocycles. The van der Waals surface area contributed by atoms with E-state index in [1.165, 1.54) is 5.56 Å². The van der Waals surface area contributed by atoms with Crippen LogP contribution in [0.4, 0.5) is 0 Å². The summed E-state index contributed by atoms with van der Waals surface area (Å²) < 4.78 is 29.4. The molecule has 1 aromatic rings. The second-order valence-electron chi connectivity index (χ2n) is 6.58. The molecule has 5 heteroatoms. The number of rotatable bonds is 5. The summed E-state index contributed by atoms with van der Waals surface area (Å²) in [5.74, 6) is 0.458. The van der Waals surface area contributed by atoms with Crippen LogP contribution in [-0.4, -0.2) is 32.4 Å². The molecular formula is C16H24N2O2S. The lowest BCUT2D eigenvalue weighted by Gasteiger charge is -2.30. The smallest absolute Gasteiger partial charge is 0.201 e. The summed E-state index contributed by atoms with van der Waals surface area (Å²) in [5, 5.41) is 0. The fourth-order valence-corrected chi connectivity index (χ4v) is 4.66. The number of nitrogens with one attached hydrogen (secondary N) is 1. The van der Waals surface area contributed by atoms with Gasteiger partial charge in [-0.25, -0.2) is 4.72 Å². The Labute approximate surface area is 127 Å². The van der Waals surface area contributed by atoms with E-state index in [1.54, 1.807) is 4.31 Å². The first-order chi connectivity index (χ1) is 10.0. The van der Waals surface area contributed by atoms with E-state index in [0.717, 1.165) is 25.7 Å². The van der Waals surface area contributed by atoms with Gasteiger partial charge in [-0.15, -0.1) is 0 Å². The van der Waals surface area contributed by atoms with E-state index in [4.69, 9.17) is 0 Å². The van der Waals surface area contributed by atoms with Crippen molar-refractivity contribution in [3.8, 4) is 0 Å².